The Hall–Kier alpha value is -3.32. The lowest BCUT2D eigenvalue weighted by Gasteiger charge is -2.30. The summed E-state index contributed by atoms with van der Waals surface area (Å²) in [6.07, 6.45) is 0.598. The van der Waals surface area contributed by atoms with E-state index in [2.05, 4.69) is 15.5 Å². The molecule has 4 atom stereocenters. The monoisotopic (exact) mass is 764 g/mol. The van der Waals surface area contributed by atoms with Gasteiger partial charge in [-0.1, -0.05) is 72.9 Å². The number of hydrogen-bond donors (Lipinski definition) is 2. The average Bonchev–Trinajstić information content (AvgIpc) is 3.40. The van der Waals surface area contributed by atoms with Crippen LogP contribution < -0.4 is 10.6 Å². The van der Waals surface area contributed by atoms with Crippen molar-refractivity contribution in [3.8, 4) is 0 Å². The molecule has 2 saturated heterocycles. The number of imide groups is 1. The fourth-order valence-corrected chi connectivity index (χ4v) is 7.16. The Kier molecular flexibility index (Phi) is 18.1. The van der Waals surface area contributed by atoms with Crippen LogP contribution in [0.2, 0.25) is 0 Å². The summed E-state index contributed by atoms with van der Waals surface area (Å²) in [6, 6.07) is 3.82. The standard InChI is InChI=1S/C41H63F3N4O6/c1-27(2)33-25-36(50)48(39(33)52)23-12-7-9-15-35(41(42,43)44)46-37(28(3)4)34(49)24-31(14-13-22-47-20-10-8-11-21-47)38(51)45-32-18-16-30(17-19-32)26-54-40(53)29(5)6/h16-19,27-29,31,33,35,37,46H,7-15,20-26H2,1-6H3,(H,45,51). The molecular formula is C41H63F3N4O6. The Morgan fingerprint density at radius 1 is 0.870 bits per heavy atom. The lowest BCUT2D eigenvalue weighted by molar-refractivity contribution is -0.161. The Morgan fingerprint density at radius 3 is 2.11 bits per heavy atom. The van der Waals surface area contributed by atoms with Crippen LogP contribution in [-0.4, -0.2) is 83.7 Å². The summed E-state index contributed by atoms with van der Waals surface area (Å²) in [6.45, 7) is 13.7. The number of hydrogen-bond acceptors (Lipinski definition) is 8. The molecule has 4 unspecified atom stereocenters. The van der Waals surface area contributed by atoms with Gasteiger partial charge in [-0.25, -0.2) is 0 Å². The van der Waals surface area contributed by atoms with Crippen molar-refractivity contribution in [3.63, 3.8) is 0 Å². The molecule has 1 aromatic rings. The molecular weight excluding hydrogens is 701 g/mol. The molecule has 2 fully saturated rings. The first-order chi connectivity index (χ1) is 25.5. The number of carbonyl (C=O) groups is 5. The van der Waals surface area contributed by atoms with Gasteiger partial charge in [0.05, 0.1) is 12.0 Å². The molecule has 0 aliphatic carbocycles. The summed E-state index contributed by atoms with van der Waals surface area (Å²) < 4.78 is 48.3. The van der Waals surface area contributed by atoms with Gasteiger partial charge in [0, 0.05) is 36.9 Å². The maximum atomic E-state index is 14.3. The van der Waals surface area contributed by atoms with E-state index in [4.69, 9.17) is 4.74 Å². The van der Waals surface area contributed by atoms with Crippen molar-refractivity contribution in [2.75, 3.05) is 31.5 Å². The number of likely N-dealkylation sites (tertiary alicyclic amines) is 2. The summed E-state index contributed by atoms with van der Waals surface area (Å²) in [4.78, 5) is 67.9. The first-order valence-corrected chi connectivity index (χ1v) is 20.0. The molecule has 13 heteroatoms. The largest absolute Gasteiger partial charge is 0.461 e. The van der Waals surface area contributed by atoms with Crippen molar-refractivity contribution >= 4 is 35.2 Å². The average molecular weight is 765 g/mol. The summed E-state index contributed by atoms with van der Waals surface area (Å²) >= 11 is 0. The summed E-state index contributed by atoms with van der Waals surface area (Å²) in [5, 5.41) is 5.52. The van der Waals surface area contributed by atoms with Crippen molar-refractivity contribution in [2.24, 2.45) is 29.6 Å². The van der Waals surface area contributed by atoms with Crippen LogP contribution in [0.15, 0.2) is 24.3 Å². The molecule has 0 spiro atoms. The summed E-state index contributed by atoms with van der Waals surface area (Å²) in [7, 11) is 0. The van der Waals surface area contributed by atoms with E-state index < -0.39 is 35.9 Å². The van der Waals surface area contributed by atoms with Crippen LogP contribution in [0.25, 0.3) is 0 Å². The Balaban J connectivity index is 1.63. The van der Waals surface area contributed by atoms with Crippen molar-refractivity contribution in [1.82, 2.24) is 15.1 Å². The van der Waals surface area contributed by atoms with E-state index in [0.29, 0.717) is 31.4 Å². The lowest BCUT2D eigenvalue weighted by atomic mass is 9.88. The molecule has 2 heterocycles. The maximum Gasteiger partial charge on any atom is 0.403 e. The van der Waals surface area contributed by atoms with Crippen molar-refractivity contribution < 1.29 is 41.9 Å². The van der Waals surface area contributed by atoms with Gasteiger partial charge in [0.2, 0.25) is 17.7 Å². The SMILES string of the molecule is CC(C)C(=O)OCc1ccc(NC(=O)C(CCCN2CCCCC2)CC(=O)C(NC(CCCCCN2C(=O)CC(C(C)C)C2=O)C(F)(F)F)C(C)C)cc1. The zero-order valence-electron chi connectivity index (χ0n) is 33.1. The molecule has 0 bridgehead atoms. The van der Waals surface area contributed by atoms with Crippen LogP contribution >= 0.6 is 0 Å². The minimum Gasteiger partial charge on any atom is -0.461 e. The minimum absolute atomic E-state index is 0.0400. The lowest BCUT2D eigenvalue weighted by Crippen LogP contribution is -2.52. The van der Waals surface area contributed by atoms with Gasteiger partial charge < -0.3 is 15.0 Å². The second-order valence-corrected chi connectivity index (χ2v) is 16.1. The minimum atomic E-state index is -4.61. The van der Waals surface area contributed by atoms with Gasteiger partial charge in [-0.3, -0.25) is 34.2 Å². The molecule has 304 valence electrons. The molecule has 54 heavy (non-hydrogen) atoms. The van der Waals surface area contributed by atoms with Gasteiger partial charge >= 0.3 is 12.1 Å². The predicted molar refractivity (Wildman–Crippen MR) is 202 cm³/mol. The fourth-order valence-electron chi connectivity index (χ4n) is 7.16. The molecule has 1 aromatic carbocycles. The normalized spacial score (nSPS) is 18.7. The number of ether oxygens (including phenoxy) is 1. The number of esters is 1. The smallest absolute Gasteiger partial charge is 0.403 e. The van der Waals surface area contributed by atoms with Crippen LogP contribution in [0.5, 0.6) is 0 Å². The topological polar surface area (TPSA) is 125 Å². The van der Waals surface area contributed by atoms with Crippen molar-refractivity contribution in [3.05, 3.63) is 29.8 Å². The number of nitrogens with one attached hydrogen (secondary N) is 2. The number of ketones is 1. The van der Waals surface area contributed by atoms with Gasteiger partial charge in [0.15, 0.2) is 5.78 Å². The quantitative estimate of drug-likeness (QED) is 0.0717. The fraction of sp³-hybridized carbons (Fsp3) is 0.732. The molecule has 2 aliphatic rings. The number of nitrogens with zero attached hydrogens (tertiary/aromatic N) is 2. The predicted octanol–water partition coefficient (Wildman–Crippen LogP) is 7.30. The zero-order chi connectivity index (χ0) is 40.0. The van der Waals surface area contributed by atoms with E-state index in [9.17, 15) is 37.1 Å². The van der Waals surface area contributed by atoms with E-state index in [1.165, 1.54) is 11.3 Å². The molecule has 0 aromatic heterocycles. The number of rotatable bonds is 22. The Labute approximate surface area is 319 Å². The van der Waals surface area contributed by atoms with Crippen LogP contribution in [-0.2, 0) is 35.3 Å². The second kappa shape index (κ2) is 21.7. The number of alkyl halides is 3. The van der Waals surface area contributed by atoms with Crippen LogP contribution in [0.3, 0.4) is 0 Å². The number of piperidine rings is 1. The number of amides is 3. The van der Waals surface area contributed by atoms with Crippen LogP contribution in [0.1, 0.15) is 118 Å². The number of benzene rings is 1. The summed E-state index contributed by atoms with van der Waals surface area (Å²) in [5.41, 5.74) is 1.25. The third-order valence-electron chi connectivity index (χ3n) is 10.6. The van der Waals surface area contributed by atoms with Crippen LogP contribution in [0.4, 0.5) is 18.9 Å². The molecule has 2 aliphatic heterocycles. The highest BCUT2D eigenvalue weighted by Gasteiger charge is 2.43. The van der Waals surface area contributed by atoms with E-state index >= 15 is 0 Å². The number of Topliss-reactive ketones (excluding diaryl/α,β-unsaturated/α-hetero) is 1. The Morgan fingerprint density at radius 2 is 1.54 bits per heavy atom. The number of carbonyl (C=O) groups excluding carboxylic acids is 5. The van der Waals surface area contributed by atoms with Crippen molar-refractivity contribution in [2.45, 2.75) is 137 Å². The third-order valence-corrected chi connectivity index (χ3v) is 10.6. The first kappa shape index (κ1) is 45.1. The van der Waals surface area contributed by atoms with Crippen molar-refractivity contribution in [1.29, 1.82) is 0 Å². The molecule has 0 saturated carbocycles. The maximum absolute atomic E-state index is 14.3. The number of unbranched alkanes of at least 4 members (excludes halogenated alkanes) is 2. The summed E-state index contributed by atoms with van der Waals surface area (Å²) in [5.74, 6) is -3.32. The van der Waals surface area contributed by atoms with Gasteiger partial charge in [-0.15, -0.1) is 0 Å². The molecule has 10 nitrogen and oxygen atoms in total. The number of anilines is 1. The molecule has 0 radical (unpaired) electrons. The third kappa shape index (κ3) is 14.4. The Bertz CT molecular complexity index is 1380. The molecule has 3 rings (SSSR count). The van der Waals surface area contributed by atoms with Crippen LogP contribution in [0, 0.1) is 29.6 Å². The highest BCUT2D eigenvalue weighted by Crippen LogP contribution is 2.29. The molecule has 3 amide bonds. The van der Waals surface area contributed by atoms with E-state index in [1.807, 2.05) is 13.8 Å². The zero-order valence-corrected chi connectivity index (χ0v) is 33.1. The van der Waals surface area contributed by atoms with Gasteiger partial charge in [-0.05, 0) is 87.7 Å². The van der Waals surface area contributed by atoms with Gasteiger partial charge in [0.1, 0.15) is 12.6 Å². The highest BCUT2D eigenvalue weighted by molar-refractivity contribution is 6.03. The van der Waals surface area contributed by atoms with E-state index in [0.717, 1.165) is 38.0 Å². The van der Waals surface area contributed by atoms with Gasteiger partial charge in [0.25, 0.3) is 0 Å². The van der Waals surface area contributed by atoms with E-state index in [-0.39, 0.29) is 80.3 Å². The highest BCUT2D eigenvalue weighted by atomic mass is 19.4. The van der Waals surface area contributed by atoms with E-state index in [1.54, 1.807) is 52.0 Å². The first-order valence-electron chi connectivity index (χ1n) is 20.0. The second-order valence-electron chi connectivity index (χ2n) is 16.1. The number of halogens is 3. The molecule has 2 N–H and O–H groups in total. The van der Waals surface area contributed by atoms with Gasteiger partial charge in [-0.2, -0.15) is 13.2 Å².